The van der Waals surface area contributed by atoms with Crippen LogP contribution in [0.2, 0.25) is 0 Å². The number of nitrogens with zero attached hydrogens (tertiary/aromatic N) is 3. The molecule has 180 valence electrons. The summed E-state index contributed by atoms with van der Waals surface area (Å²) < 4.78 is 8.38. The van der Waals surface area contributed by atoms with Gasteiger partial charge >= 0.3 is 0 Å². The van der Waals surface area contributed by atoms with Gasteiger partial charge in [0.05, 0.1) is 17.6 Å². The number of imidazole rings is 1. The molecular weight excluding hydrogens is 446 g/mol. The molecule has 0 bridgehead atoms. The second-order valence-electron chi connectivity index (χ2n) is 9.56. The van der Waals surface area contributed by atoms with Crippen LogP contribution in [0.1, 0.15) is 30.1 Å². The molecular formula is C31H29N3O2. The van der Waals surface area contributed by atoms with Crippen molar-refractivity contribution in [3.8, 4) is 5.75 Å². The smallest absolute Gasteiger partial charge is 0.227 e. The maximum atomic E-state index is 12.9. The van der Waals surface area contributed by atoms with Crippen LogP contribution in [0.15, 0.2) is 91.0 Å². The predicted molar refractivity (Wildman–Crippen MR) is 145 cm³/mol. The number of fused-ring (bicyclic) bond motifs is 2. The summed E-state index contributed by atoms with van der Waals surface area (Å²) in [5.74, 6) is 2.10. The van der Waals surface area contributed by atoms with E-state index in [9.17, 15) is 4.79 Å². The summed E-state index contributed by atoms with van der Waals surface area (Å²) in [6, 6.07) is 30.9. The quantitative estimate of drug-likeness (QED) is 0.253. The van der Waals surface area contributed by atoms with E-state index in [0.717, 1.165) is 41.3 Å². The van der Waals surface area contributed by atoms with E-state index < -0.39 is 0 Å². The first kappa shape index (κ1) is 22.4. The monoisotopic (exact) mass is 475 g/mol. The average molecular weight is 476 g/mol. The van der Waals surface area contributed by atoms with Crippen molar-refractivity contribution >= 4 is 33.4 Å². The molecule has 1 saturated heterocycles. The van der Waals surface area contributed by atoms with E-state index in [1.807, 2.05) is 47.4 Å². The SMILES string of the molecule is Cc1ccc(N2CC(c3nc4ccccc4n3CCCOc3ccc4ccccc4c3)CC2=O)cc1. The molecule has 1 aliphatic heterocycles. The maximum absolute atomic E-state index is 12.9. The van der Waals surface area contributed by atoms with E-state index in [4.69, 9.17) is 9.72 Å². The van der Waals surface area contributed by atoms with Gasteiger partial charge in [0, 0.05) is 31.1 Å². The van der Waals surface area contributed by atoms with Gasteiger partial charge in [-0.2, -0.15) is 0 Å². The Morgan fingerprint density at radius 3 is 2.56 bits per heavy atom. The fourth-order valence-corrected chi connectivity index (χ4v) is 5.17. The average Bonchev–Trinajstić information content (AvgIpc) is 3.47. The molecule has 6 rings (SSSR count). The summed E-state index contributed by atoms with van der Waals surface area (Å²) in [4.78, 5) is 19.8. The predicted octanol–water partition coefficient (Wildman–Crippen LogP) is 6.49. The van der Waals surface area contributed by atoms with Crippen molar-refractivity contribution in [2.45, 2.75) is 32.2 Å². The zero-order chi connectivity index (χ0) is 24.5. The van der Waals surface area contributed by atoms with Gasteiger partial charge in [-0.1, -0.05) is 60.2 Å². The molecule has 1 unspecified atom stereocenters. The minimum Gasteiger partial charge on any atom is -0.494 e. The van der Waals surface area contributed by atoms with Gasteiger partial charge in [-0.25, -0.2) is 4.98 Å². The molecule has 1 aromatic heterocycles. The third-order valence-corrected chi connectivity index (χ3v) is 7.04. The molecule has 0 radical (unpaired) electrons. The van der Waals surface area contributed by atoms with Gasteiger partial charge in [-0.15, -0.1) is 0 Å². The molecule has 5 aromatic rings. The third kappa shape index (κ3) is 4.33. The number of hydrogen-bond donors (Lipinski definition) is 0. The highest BCUT2D eigenvalue weighted by Gasteiger charge is 2.34. The lowest BCUT2D eigenvalue weighted by Gasteiger charge is -2.18. The number of ether oxygens (including phenoxy) is 1. The molecule has 4 aromatic carbocycles. The van der Waals surface area contributed by atoms with E-state index in [0.29, 0.717) is 19.6 Å². The Kier molecular flexibility index (Phi) is 5.90. The van der Waals surface area contributed by atoms with Crippen molar-refractivity contribution in [2.24, 2.45) is 0 Å². The summed E-state index contributed by atoms with van der Waals surface area (Å²) in [6.07, 6.45) is 1.33. The number of amides is 1. The van der Waals surface area contributed by atoms with Crippen molar-refractivity contribution in [3.63, 3.8) is 0 Å². The molecule has 1 amide bonds. The molecule has 5 nitrogen and oxygen atoms in total. The number of para-hydroxylation sites is 2. The Morgan fingerprint density at radius 2 is 1.69 bits per heavy atom. The lowest BCUT2D eigenvalue weighted by Crippen LogP contribution is -2.24. The Bertz CT molecular complexity index is 1540. The number of rotatable bonds is 7. The highest BCUT2D eigenvalue weighted by molar-refractivity contribution is 5.96. The number of carbonyl (C=O) groups excluding carboxylic acids is 1. The van der Waals surface area contributed by atoms with Crippen molar-refractivity contribution in [2.75, 3.05) is 18.1 Å². The van der Waals surface area contributed by atoms with Gasteiger partial charge in [0.15, 0.2) is 0 Å². The number of hydrogen-bond acceptors (Lipinski definition) is 3. The molecule has 0 spiro atoms. The Morgan fingerprint density at radius 1 is 0.917 bits per heavy atom. The summed E-state index contributed by atoms with van der Waals surface area (Å²) in [5.41, 5.74) is 4.23. The summed E-state index contributed by atoms with van der Waals surface area (Å²) >= 11 is 0. The van der Waals surface area contributed by atoms with Crippen molar-refractivity contribution in [3.05, 3.63) is 102 Å². The van der Waals surface area contributed by atoms with E-state index in [1.165, 1.54) is 16.3 Å². The van der Waals surface area contributed by atoms with Crippen LogP contribution in [0.25, 0.3) is 21.8 Å². The molecule has 1 fully saturated rings. The first-order valence-corrected chi connectivity index (χ1v) is 12.6. The second kappa shape index (κ2) is 9.50. The van der Waals surface area contributed by atoms with Crippen LogP contribution in [-0.2, 0) is 11.3 Å². The fraction of sp³-hybridized carbons (Fsp3) is 0.226. The minimum absolute atomic E-state index is 0.0626. The van der Waals surface area contributed by atoms with E-state index in [2.05, 4.69) is 60.0 Å². The van der Waals surface area contributed by atoms with Crippen LogP contribution in [0.4, 0.5) is 5.69 Å². The van der Waals surface area contributed by atoms with Crippen molar-refractivity contribution in [1.82, 2.24) is 9.55 Å². The van der Waals surface area contributed by atoms with E-state index >= 15 is 0 Å². The van der Waals surface area contributed by atoms with Gasteiger partial charge in [0.1, 0.15) is 11.6 Å². The highest BCUT2D eigenvalue weighted by Crippen LogP contribution is 2.33. The summed E-state index contributed by atoms with van der Waals surface area (Å²) in [5, 5.41) is 2.40. The largest absolute Gasteiger partial charge is 0.494 e. The van der Waals surface area contributed by atoms with Gasteiger partial charge in [-0.3, -0.25) is 4.79 Å². The highest BCUT2D eigenvalue weighted by atomic mass is 16.5. The standard InChI is InChI=1S/C31H29N3O2/c1-22-11-14-26(15-12-22)34-21-25(20-30(34)35)31-32-28-9-4-5-10-29(28)33(31)17-6-18-36-27-16-13-23-7-2-3-8-24(23)19-27/h2-5,7-16,19,25H,6,17-18,20-21H2,1H3. The van der Waals surface area contributed by atoms with Crippen LogP contribution in [-0.4, -0.2) is 28.6 Å². The minimum atomic E-state index is 0.0626. The van der Waals surface area contributed by atoms with Crippen molar-refractivity contribution in [1.29, 1.82) is 0 Å². The van der Waals surface area contributed by atoms with Crippen LogP contribution < -0.4 is 9.64 Å². The molecule has 0 aliphatic carbocycles. The summed E-state index contributed by atoms with van der Waals surface area (Å²) in [7, 11) is 0. The lowest BCUT2D eigenvalue weighted by atomic mass is 10.1. The number of benzene rings is 4. The molecule has 1 atom stereocenters. The van der Waals surface area contributed by atoms with E-state index in [-0.39, 0.29) is 11.8 Å². The zero-order valence-corrected chi connectivity index (χ0v) is 20.4. The first-order valence-electron chi connectivity index (χ1n) is 12.6. The van der Waals surface area contributed by atoms with Crippen LogP contribution in [0, 0.1) is 6.92 Å². The molecule has 2 heterocycles. The normalized spacial score (nSPS) is 15.8. The Labute approximate surface area is 210 Å². The number of aromatic nitrogens is 2. The second-order valence-corrected chi connectivity index (χ2v) is 9.56. The van der Waals surface area contributed by atoms with Crippen molar-refractivity contribution < 1.29 is 9.53 Å². The molecule has 0 N–H and O–H groups in total. The summed E-state index contributed by atoms with van der Waals surface area (Å²) in [6.45, 7) is 4.12. The topological polar surface area (TPSA) is 47.4 Å². The van der Waals surface area contributed by atoms with Gasteiger partial charge in [0.2, 0.25) is 5.91 Å². The molecule has 1 aliphatic rings. The maximum Gasteiger partial charge on any atom is 0.227 e. The molecule has 36 heavy (non-hydrogen) atoms. The first-order chi connectivity index (χ1) is 17.7. The van der Waals surface area contributed by atoms with Gasteiger partial charge in [-0.05, 0) is 60.5 Å². The number of anilines is 1. The van der Waals surface area contributed by atoms with Crippen LogP contribution in [0.3, 0.4) is 0 Å². The van der Waals surface area contributed by atoms with Gasteiger partial charge < -0.3 is 14.2 Å². The Hall–Kier alpha value is -4.12. The molecule has 0 saturated carbocycles. The van der Waals surface area contributed by atoms with E-state index in [1.54, 1.807) is 0 Å². The van der Waals surface area contributed by atoms with Crippen LogP contribution >= 0.6 is 0 Å². The fourth-order valence-electron chi connectivity index (χ4n) is 5.17. The number of carbonyl (C=O) groups is 1. The zero-order valence-electron chi connectivity index (χ0n) is 20.4. The van der Waals surface area contributed by atoms with Gasteiger partial charge in [0.25, 0.3) is 0 Å². The Balaban J connectivity index is 1.19. The molecule has 5 heteroatoms. The van der Waals surface area contributed by atoms with Crippen LogP contribution in [0.5, 0.6) is 5.75 Å². The lowest BCUT2D eigenvalue weighted by molar-refractivity contribution is -0.117. The third-order valence-electron chi connectivity index (χ3n) is 7.04. The number of aryl methyl sites for hydroxylation is 2.